The van der Waals surface area contributed by atoms with Gasteiger partial charge in [-0.1, -0.05) is 15.9 Å². The first-order valence-electron chi connectivity index (χ1n) is 5.95. The van der Waals surface area contributed by atoms with E-state index in [1.54, 1.807) is 30.3 Å². The Morgan fingerprint density at radius 3 is 2.25 bits per heavy atom. The molecule has 20 heavy (non-hydrogen) atoms. The molecule has 0 unspecified atom stereocenters. The van der Waals surface area contributed by atoms with Crippen molar-refractivity contribution in [2.75, 3.05) is 10.5 Å². The smallest absolute Gasteiger partial charge is 0.261 e. The molecule has 0 saturated carbocycles. The number of sulfonamides is 1. The summed E-state index contributed by atoms with van der Waals surface area (Å²) < 4.78 is 28.1. The molecule has 0 bridgehead atoms. The Bertz CT molecular complexity index is 717. The molecule has 6 heteroatoms. The molecule has 0 atom stereocenters. The van der Waals surface area contributed by atoms with Gasteiger partial charge < -0.3 is 5.73 Å². The summed E-state index contributed by atoms with van der Waals surface area (Å²) in [5.74, 6) is 0. The Morgan fingerprint density at radius 1 is 1.10 bits per heavy atom. The normalized spacial score (nSPS) is 11.3. The van der Waals surface area contributed by atoms with E-state index >= 15 is 0 Å². The minimum Gasteiger partial charge on any atom is -0.398 e. The second-order valence-electron chi connectivity index (χ2n) is 4.57. The zero-order valence-electron chi connectivity index (χ0n) is 11.1. The Balaban J connectivity index is 2.38. The van der Waals surface area contributed by atoms with Crippen LogP contribution in [-0.2, 0) is 10.0 Å². The van der Waals surface area contributed by atoms with E-state index in [0.717, 1.165) is 15.6 Å². The topological polar surface area (TPSA) is 72.2 Å². The van der Waals surface area contributed by atoms with Gasteiger partial charge in [-0.2, -0.15) is 0 Å². The molecular weight excluding hydrogens is 340 g/mol. The Morgan fingerprint density at radius 2 is 1.70 bits per heavy atom. The molecule has 106 valence electrons. The van der Waals surface area contributed by atoms with Crippen molar-refractivity contribution in [2.45, 2.75) is 18.7 Å². The predicted molar refractivity (Wildman–Crippen MR) is 85.3 cm³/mol. The summed E-state index contributed by atoms with van der Waals surface area (Å²) in [5, 5.41) is 0. The first-order chi connectivity index (χ1) is 9.29. The van der Waals surface area contributed by atoms with Crippen LogP contribution in [0.1, 0.15) is 11.1 Å². The molecule has 0 aromatic heterocycles. The number of anilines is 2. The van der Waals surface area contributed by atoms with Crippen molar-refractivity contribution in [3.05, 3.63) is 52.0 Å². The van der Waals surface area contributed by atoms with Crippen molar-refractivity contribution in [3.8, 4) is 0 Å². The third kappa shape index (κ3) is 3.13. The third-order valence-corrected chi connectivity index (χ3v) is 4.98. The van der Waals surface area contributed by atoms with Gasteiger partial charge in [0.1, 0.15) is 0 Å². The molecule has 2 rings (SSSR count). The average Bonchev–Trinajstić information content (AvgIpc) is 2.38. The molecule has 3 N–H and O–H groups in total. The molecule has 0 aliphatic rings. The van der Waals surface area contributed by atoms with Crippen LogP contribution in [0, 0.1) is 13.8 Å². The first kappa shape index (κ1) is 14.9. The Kier molecular flexibility index (Phi) is 4.06. The van der Waals surface area contributed by atoms with Gasteiger partial charge in [-0.25, -0.2) is 8.42 Å². The molecule has 2 aromatic rings. The largest absolute Gasteiger partial charge is 0.398 e. The van der Waals surface area contributed by atoms with Gasteiger partial charge in [0.25, 0.3) is 10.0 Å². The Hall–Kier alpha value is -1.53. The maximum absolute atomic E-state index is 12.3. The van der Waals surface area contributed by atoms with Crippen molar-refractivity contribution in [1.29, 1.82) is 0 Å². The number of hydrogen-bond acceptors (Lipinski definition) is 3. The van der Waals surface area contributed by atoms with E-state index in [1.165, 1.54) is 6.07 Å². The molecule has 0 aliphatic heterocycles. The van der Waals surface area contributed by atoms with Crippen LogP contribution < -0.4 is 10.5 Å². The molecule has 0 saturated heterocycles. The number of hydrogen-bond donors (Lipinski definition) is 2. The summed E-state index contributed by atoms with van der Waals surface area (Å²) in [5.41, 5.74) is 8.56. The van der Waals surface area contributed by atoms with E-state index in [9.17, 15) is 8.42 Å². The van der Waals surface area contributed by atoms with Crippen molar-refractivity contribution in [1.82, 2.24) is 0 Å². The highest BCUT2D eigenvalue weighted by Gasteiger charge is 2.16. The summed E-state index contributed by atoms with van der Waals surface area (Å²) >= 11 is 3.30. The van der Waals surface area contributed by atoms with Gasteiger partial charge in [-0.3, -0.25) is 4.72 Å². The molecule has 0 heterocycles. The average molecular weight is 355 g/mol. The van der Waals surface area contributed by atoms with Crippen LogP contribution in [0.3, 0.4) is 0 Å². The molecular formula is C14H15BrN2O2S. The summed E-state index contributed by atoms with van der Waals surface area (Å²) in [6.45, 7) is 3.70. The SMILES string of the molecule is Cc1cc(S(=O)(=O)Nc2ccc(Br)cc2)cc(N)c1C. The van der Waals surface area contributed by atoms with Crippen LogP contribution in [0.25, 0.3) is 0 Å². The van der Waals surface area contributed by atoms with Crippen LogP contribution in [0.2, 0.25) is 0 Å². The zero-order chi connectivity index (χ0) is 14.9. The lowest BCUT2D eigenvalue weighted by Crippen LogP contribution is -2.13. The molecule has 0 aliphatic carbocycles. The van der Waals surface area contributed by atoms with E-state index in [0.29, 0.717) is 11.4 Å². The Labute approximate surface area is 127 Å². The van der Waals surface area contributed by atoms with Gasteiger partial charge in [0.2, 0.25) is 0 Å². The van der Waals surface area contributed by atoms with E-state index in [2.05, 4.69) is 20.7 Å². The third-order valence-electron chi connectivity index (χ3n) is 3.09. The lowest BCUT2D eigenvalue weighted by Gasteiger charge is -2.11. The lowest BCUT2D eigenvalue weighted by atomic mass is 10.1. The van der Waals surface area contributed by atoms with Crippen LogP contribution in [0.4, 0.5) is 11.4 Å². The number of nitrogens with two attached hydrogens (primary N) is 1. The van der Waals surface area contributed by atoms with Crippen LogP contribution in [0.5, 0.6) is 0 Å². The summed E-state index contributed by atoms with van der Waals surface area (Å²) in [7, 11) is -3.63. The predicted octanol–water partition coefficient (Wildman–Crippen LogP) is 3.45. The van der Waals surface area contributed by atoms with Gasteiger partial charge in [0.15, 0.2) is 0 Å². The fourth-order valence-electron chi connectivity index (χ4n) is 1.74. The van der Waals surface area contributed by atoms with Crippen molar-refractivity contribution >= 4 is 37.3 Å². The van der Waals surface area contributed by atoms with E-state index in [1.807, 2.05) is 13.8 Å². The van der Waals surface area contributed by atoms with E-state index < -0.39 is 10.0 Å². The second kappa shape index (κ2) is 5.46. The van der Waals surface area contributed by atoms with Gasteiger partial charge >= 0.3 is 0 Å². The molecule has 0 radical (unpaired) electrons. The fraction of sp³-hybridized carbons (Fsp3) is 0.143. The summed E-state index contributed by atoms with van der Waals surface area (Å²) in [6.07, 6.45) is 0. The maximum atomic E-state index is 12.3. The van der Waals surface area contributed by atoms with Gasteiger partial charge in [-0.15, -0.1) is 0 Å². The maximum Gasteiger partial charge on any atom is 0.261 e. The molecule has 4 nitrogen and oxygen atoms in total. The standard InChI is InChI=1S/C14H15BrN2O2S/c1-9-7-13(8-14(16)10(9)2)20(18,19)17-12-5-3-11(15)4-6-12/h3-8,17H,16H2,1-2H3. The van der Waals surface area contributed by atoms with Crippen molar-refractivity contribution < 1.29 is 8.42 Å². The van der Waals surface area contributed by atoms with Gasteiger partial charge in [0.05, 0.1) is 4.90 Å². The first-order valence-corrected chi connectivity index (χ1v) is 8.22. The summed E-state index contributed by atoms with van der Waals surface area (Å²) in [4.78, 5) is 0.168. The van der Waals surface area contributed by atoms with Crippen molar-refractivity contribution in [2.24, 2.45) is 0 Å². The second-order valence-corrected chi connectivity index (χ2v) is 7.16. The van der Waals surface area contributed by atoms with Gasteiger partial charge in [0, 0.05) is 15.8 Å². The number of halogens is 1. The number of aryl methyl sites for hydroxylation is 1. The van der Waals surface area contributed by atoms with E-state index in [-0.39, 0.29) is 4.90 Å². The van der Waals surface area contributed by atoms with Gasteiger partial charge in [-0.05, 0) is 61.4 Å². The molecule has 0 amide bonds. The van der Waals surface area contributed by atoms with E-state index in [4.69, 9.17) is 5.73 Å². The van der Waals surface area contributed by atoms with Crippen LogP contribution in [-0.4, -0.2) is 8.42 Å². The van der Waals surface area contributed by atoms with Crippen LogP contribution >= 0.6 is 15.9 Å². The monoisotopic (exact) mass is 354 g/mol. The zero-order valence-corrected chi connectivity index (χ0v) is 13.5. The fourth-order valence-corrected chi connectivity index (χ4v) is 3.18. The molecule has 0 fully saturated rings. The lowest BCUT2D eigenvalue weighted by molar-refractivity contribution is 0.601. The summed E-state index contributed by atoms with van der Waals surface area (Å²) in [6, 6.07) is 10.0. The quantitative estimate of drug-likeness (QED) is 0.829. The minimum atomic E-state index is -3.63. The number of benzene rings is 2. The molecule has 0 spiro atoms. The minimum absolute atomic E-state index is 0.168. The highest BCUT2D eigenvalue weighted by Crippen LogP contribution is 2.24. The van der Waals surface area contributed by atoms with Crippen LogP contribution in [0.15, 0.2) is 45.8 Å². The molecule has 2 aromatic carbocycles. The number of nitrogen functional groups attached to an aromatic ring is 1. The highest BCUT2D eigenvalue weighted by atomic mass is 79.9. The number of rotatable bonds is 3. The number of nitrogens with one attached hydrogen (secondary N) is 1. The highest BCUT2D eigenvalue weighted by molar-refractivity contribution is 9.10. The van der Waals surface area contributed by atoms with Crippen molar-refractivity contribution in [3.63, 3.8) is 0 Å².